The van der Waals surface area contributed by atoms with Crippen molar-refractivity contribution < 1.29 is 19.4 Å². The second-order valence-electron chi connectivity index (χ2n) is 11.2. The molecule has 0 aromatic rings. The Bertz CT molecular complexity index is 601. The van der Waals surface area contributed by atoms with Crippen LogP contribution in [0.5, 0.6) is 0 Å². The first-order chi connectivity index (χ1) is 13.2. The number of hydrogen-bond acceptors (Lipinski definition) is 4. The molecule has 0 aromatic carbocycles. The average molecular weight is 393 g/mol. The zero-order valence-electron chi connectivity index (χ0n) is 18.3. The molecule has 28 heavy (non-hydrogen) atoms. The molecule has 1 N–H and O–H groups in total. The SMILES string of the molecule is COC(=O)CCOC1CCC2C3CCC4CC(C)(O)CCC4(C)C3CCC12C. The van der Waals surface area contributed by atoms with Crippen molar-refractivity contribution in [1.29, 1.82) is 0 Å². The van der Waals surface area contributed by atoms with Gasteiger partial charge in [0.1, 0.15) is 0 Å². The summed E-state index contributed by atoms with van der Waals surface area (Å²) < 4.78 is 11.0. The summed E-state index contributed by atoms with van der Waals surface area (Å²) in [4.78, 5) is 11.4. The molecule has 4 saturated carbocycles. The minimum Gasteiger partial charge on any atom is -0.469 e. The molecule has 0 aliphatic heterocycles. The number of esters is 1. The fourth-order valence-electron chi connectivity index (χ4n) is 8.04. The van der Waals surface area contributed by atoms with E-state index in [4.69, 9.17) is 9.47 Å². The van der Waals surface area contributed by atoms with E-state index in [0.717, 1.165) is 37.0 Å². The molecule has 0 heterocycles. The molecule has 0 aromatic heterocycles. The van der Waals surface area contributed by atoms with Crippen LogP contribution in [-0.2, 0) is 14.3 Å². The zero-order chi connectivity index (χ0) is 20.2. The molecule has 0 radical (unpaired) electrons. The minimum atomic E-state index is -0.452. The quantitative estimate of drug-likeness (QED) is 0.703. The van der Waals surface area contributed by atoms with Gasteiger partial charge < -0.3 is 14.6 Å². The van der Waals surface area contributed by atoms with E-state index in [0.29, 0.717) is 30.5 Å². The lowest BCUT2D eigenvalue weighted by Gasteiger charge is -2.61. The number of carbonyl (C=O) groups excluding carboxylic acids is 1. The van der Waals surface area contributed by atoms with Crippen LogP contribution in [0.25, 0.3) is 0 Å². The Labute approximate surface area is 170 Å². The van der Waals surface area contributed by atoms with Gasteiger partial charge >= 0.3 is 5.97 Å². The maximum absolute atomic E-state index is 11.4. The fourth-order valence-corrected chi connectivity index (χ4v) is 8.04. The monoisotopic (exact) mass is 392 g/mol. The summed E-state index contributed by atoms with van der Waals surface area (Å²) in [7, 11) is 1.44. The molecule has 4 fully saturated rings. The molecule has 4 heteroatoms. The smallest absolute Gasteiger partial charge is 0.307 e. The third kappa shape index (κ3) is 3.33. The summed E-state index contributed by atoms with van der Waals surface area (Å²) in [6.45, 7) is 7.54. The Hall–Kier alpha value is -0.610. The maximum Gasteiger partial charge on any atom is 0.307 e. The lowest BCUT2D eigenvalue weighted by atomic mass is 9.44. The van der Waals surface area contributed by atoms with Crippen LogP contribution in [0, 0.1) is 34.5 Å². The highest BCUT2D eigenvalue weighted by Crippen LogP contribution is 2.67. The Morgan fingerprint density at radius 1 is 0.964 bits per heavy atom. The lowest BCUT2D eigenvalue weighted by molar-refractivity contribution is -0.157. The van der Waals surface area contributed by atoms with Gasteiger partial charge in [-0.05, 0) is 99.2 Å². The fraction of sp³-hybridized carbons (Fsp3) is 0.958. The minimum absolute atomic E-state index is 0.178. The van der Waals surface area contributed by atoms with Gasteiger partial charge in [-0.1, -0.05) is 13.8 Å². The van der Waals surface area contributed by atoms with Gasteiger partial charge in [-0.2, -0.15) is 0 Å². The number of rotatable bonds is 4. The molecule has 4 nitrogen and oxygen atoms in total. The van der Waals surface area contributed by atoms with E-state index >= 15 is 0 Å². The van der Waals surface area contributed by atoms with Crippen LogP contribution < -0.4 is 0 Å². The zero-order valence-corrected chi connectivity index (χ0v) is 18.3. The topological polar surface area (TPSA) is 55.8 Å². The van der Waals surface area contributed by atoms with Crippen molar-refractivity contribution in [3.63, 3.8) is 0 Å². The van der Waals surface area contributed by atoms with Crippen molar-refractivity contribution in [1.82, 2.24) is 0 Å². The molecule has 0 saturated heterocycles. The number of hydrogen-bond donors (Lipinski definition) is 1. The molecule has 4 aliphatic carbocycles. The summed E-state index contributed by atoms with van der Waals surface area (Å²) in [6.07, 6.45) is 11.4. The van der Waals surface area contributed by atoms with Crippen molar-refractivity contribution in [2.75, 3.05) is 13.7 Å². The van der Waals surface area contributed by atoms with Crippen molar-refractivity contribution >= 4 is 5.97 Å². The molecule has 0 bridgehead atoms. The molecule has 160 valence electrons. The largest absolute Gasteiger partial charge is 0.469 e. The second kappa shape index (κ2) is 7.27. The van der Waals surface area contributed by atoms with Crippen LogP contribution in [0.3, 0.4) is 0 Å². The van der Waals surface area contributed by atoms with Crippen LogP contribution in [0.4, 0.5) is 0 Å². The van der Waals surface area contributed by atoms with Gasteiger partial charge in [-0.15, -0.1) is 0 Å². The lowest BCUT2D eigenvalue weighted by Crippen LogP contribution is -2.56. The Balaban J connectivity index is 1.45. The number of aliphatic hydroxyl groups is 1. The Kier molecular flexibility index (Phi) is 5.36. The van der Waals surface area contributed by atoms with Gasteiger partial charge in [0.15, 0.2) is 0 Å². The predicted molar refractivity (Wildman–Crippen MR) is 109 cm³/mol. The predicted octanol–water partition coefficient (Wildman–Crippen LogP) is 4.73. The van der Waals surface area contributed by atoms with E-state index in [-0.39, 0.29) is 11.4 Å². The first kappa shape index (κ1) is 20.7. The highest BCUT2D eigenvalue weighted by molar-refractivity contribution is 5.69. The van der Waals surface area contributed by atoms with Crippen molar-refractivity contribution in [3.05, 3.63) is 0 Å². The normalized spacial score (nSPS) is 50.4. The molecule has 4 rings (SSSR count). The van der Waals surface area contributed by atoms with E-state index in [9.17, 15) is 9.90 Å². The van der Waals surface area contributed by atoms with Crippen LogP contribution in [-0.4, -0.2) is 36.5 Å². The van der Waals surface area contributed by atoms with E-state index < -0.39 is 5.60 Å². The van der Waals surface area contributed by atoms with Gasteiger partial charge in [0.25, 0.3) is 0 Å². The molecule has 0 amide bonds. The standard InChI is InChI=1S/C24H40O4/c1-22(26)12-13-23(2)16(15-22)5-6-17-18-7-8-20(28-14-10-21(25)27-4)24(18,3)11-9-19(17)23/h16-20,26H,5-15H2,1-4H3. The van der Waals surface area contributed by atoms with Crippen molar-refractivity contribution in [2.45, 2.75) is 96.7 Å². The van der Waals surface area contributed by atoms with Gasteiger partial charge in [0, 0.05) is 0 Å². The van der Waals surface area contributed by atoms with Crippen molar-refractivity contribution in [2.24, 2.45) is 34.5 Å². The Morgan fingerprint density at radius 2 is 1.71 bits per heavy atom. The number of fused-ring (bicyclic) bond motifs is 5. The average Bonchev–Trinajstić information content (AvgIpc) is 2.98. The van der Waals surface area contributed by atoms with Gasteiger partial charge in [0.2, 0.25) is 0 Å². The highest BCUT2D eigenvalue weighted by atomic mass is 16.5. The van der Waals surface area contributed by atoms with Crippen LogP contribution in [0.1, 0.15) is 85.0 Å². The van der Waals surface area contributed by atoms with Gasteiger partial charge in [-0.25, -0.2) is 0 Å². The van der Waals surface area contributed by atoms with Crippen molar-refractivity contribution in [3.8, 4) is 0 Å². The summed E-state index contributed by atoms with van der Waals surface area (Å²) >= 11 is 0. The number of ether oxygens (including phenoxy) is 2. The van der Waals surface area contributed by atoms with Gasteiger partial charge in [-0.3, -0.25) is 4.79 Å². The van der Waals surface area contributed by atoms with E-state index in [1.54, 1.807) is 0 Å². The summed E-state index contributed by atoms with van der Waals surface area (Å²) in [5.41, 5.74) is 0.225. The Morgan fingerprint density at radius 3 is 2.46 bits per heavy atom. The first-order valence-electron chi connectivity index (χ1n) is 11.6. The highest BCUT2D eigenvalue weighted by Gasteiger charge is 2.61. The third-order valence-electron chi connectivity index (χ3n) is 9.72. The van der Waals surface area contributed by atoms with E-state index in [1.165, 1.54) is 45.6 Å². The van der Waals surface area contributed by atoms with E-state index in [1.807, 2.05) is 6.92 Å². The maximum atomic E-state index is 11.4. The van der Waals surface area contributed by atoms with Gasteiger partial charge in [0.05, 0.1) is 31.8 Å². The summed E-state index contributed by atoms with van der Waals surface area (Å²) in [6, 6.07) is 0. The molecule has 8 unspecified atom stereocenters. The molecule has 0 spiro atoms. The molecule has 4 aliphatic rings. The number of methoxy groups -OCH3 is 1. The van der Waals surface area contributed by atoms with E-state index in [2.05, 4.69) is 13.8 Å². The van der Waals surface area contributed by atoms with Crippen LogP contribution in [0.2, 0.25) is 0 Å². The third-order valence-corrected chi connectivity index (χ3v) is 9.72. The second-order valence-corrected chi connectivity index (χ2v) is 11.2. The number of carbonyl (C=O) groups is 1. The molecule has 8 atom stereocenters. The molecular weight excluding hydrogens is 352 g/mol. The summed E-state index contributed by atoms with van der Waals surface area (Å²) in [5, 5.41) is 10.6. The summed E-state index contributed by atoms with van der Waals surface area (Å²) in [5.74, 6) is 2.90. The first-order valence-corrected chi connectivity index (χ1v) is 11.6. The van der Waals surface area contributed by atoms with Crippen LogP contribution >= 0.6 is 0 Å². The molecular formula is C24H40O4. The van der Waals surface area contributed by atoms with Crippen LogP contribution in [0.15, 0.2) is 0 Å².